The highest BCUT2D eigenvalue weighted by molar-refractivity contribution is 6.74. The normalized spacial score (nSPS) is 15.5. The van der Waals surface area contributed by atoms with Gasteiger partial charge in [-0.2, -0.15) is 0 Å². The molecule has 1 aromatic carbocycles. The van der Waals surface area contributed by atoms with Gasteiger partial charge in [0, 0.05) is 4.92 Å². The van der Waals surface area contributed by atoms with Crippen LogP contribution in [0.4, 0.5) is 0 Å². The van der Waals surface area contributed by atoms with Gasteiger partial charge in [-0.1, -0.05) is 51.1 Å². The Morgan fingerprint density at radius 2 is 1.81 bits per heavy atom. The van der Waals surface area contributed by atoms with Crippen LogP contribution in [0.2, 0.25) is 18.1 Å². The van der Waals surface area contributed by atoms with Crippen LogP contribution in [0.5, 0.6) is 0 Å². The molecule has 0 aromatic heterocycles. The summed E-state index contributed by atoms with van der Waals surface area (Å²) >= 11 is 0. The van der Waals surface area contributed by atoms with Crippen LogP contribution in [-0.4, -0.2) is 31.0 Å². The van der Waals surface area contributed by atoms with Crippen LogP contribution >= 0.6 is 0 Å². The number of aliphatic hydroxyl groups is 1. The van der Waals surface area contributed by atoms with Crippen LogP contribution in [0.3, 0.4) is 0 Å². The van der Waals surface area contributed by atoms with E-state index in [1.807, 2.05) is 30.3 Å². The van der Waals surface area contributed by atoms with Crippen molar-refractivity contribution in [2.75, 3.05) is 6.54 Å². The first-order valence-corrected chi connectivity index (χ1v) is 9.98. The Morgan fingerprint density at radius 1 is 1.29 bits per heavy atom. The van der Waals surface area contributed by atoms with Gasteiger partial charge < -0.3 is 9.53 Å². The number of nitro groups is 1. The Balaban J connectivity index is 3.06. The van der Waals surface area contributed by atoms with Crippen LogP contribution in [-0.2, 0) is 4.43 Å². The van der Waals surface area contributed by atoms with Crippen LogP contribution in [0.15, 0.2) is 30.3 Å². The van der Waals surface area contributed by atoms with Crippen LogP contribution in [0, 0.1) is 10.1 Å². The number of aliphatic hydroxyl groups excluding tert-OH is 1. The van der Waals surface area contributed by atoms with E-state index in [1.54, 1.807) is 0 Å². The molecule has 0 spiro atoms. The molecule has 1 aromatic rings. The molecule has 0 heterocycles. The molecule has 0 saturated heterocycles. The third-order valence-electron chi connectivity index (χ3n) is 4.04. The SMILES string of the molecule is CC(C)(C)[Si](C)(C)O[C@@H](c1ccccc1)[C@@H](O)C[N+](=O)[O-]. The van der Waals surface area contributed by atoms with Gasteiger partial charge >= 0.3 is 0 Å². The Kier molecular flexibility index (Phi) is 5.66. The van der Waals surface area contributed by atoms with E-state index in [9.17, 15) is 15.2 Å². The summed E-state index contributed by atoms with van der Waals surface area (Å²) in [4.78, 5) is 10.2. The van der Waals surface area contributed by atoms with Crippen molar-refractivity contribution >= 4 is 8.32 Å². The van der Waals surface area contributed by atoms with Crippen molar-refractivity contribution in [1.29, 1.82) is 0 Å². The third kappa shape index (κ3) is 4.91. The second-order valence-corrected chi connectivity index (χ2v) is 11.5. The smallest absolute Gasteiger partial charge is 0.232 e. The number of rotatable bonds is 6. The Morgan fingerprint density at radius 3 is 2.24 bits per heavy atom. The third-order valence-corrected chi connectivity index (χ3v) is 8.50. The van der Waals surface area contributed by atoms with E-state index in [0.717, 1.165) is 5.56 Å². The van der Waals surface area contributed by atoms with Gasteiger partial charge in [-0.15, -0.1) is 0 Å². The van der Waals surface area contributed by atoms with Crippen molar-refractivity contribution in [3.05, 3.63) is 46.0 Å². The maximum absolute atomic E-state index is 10.7. The highest BCUT2D eigenvalue weighted by Crippen LogP contribution is 2.40. The molecule has 1 N–H and O–H groups in total. The van der Waals surface area contributed by atoms with Crippen molar-refractivity contribution < 1.29 is 14.5 Å². The van der Waals surface area contributed by atoms with E-state index in [4.69, 9.17) is 4.43 Å². The molecule has 0 unspecified atom stereocenters. The van der Waals surface area contributed by atoms with Gasteiger partial charge in [0.05, 0.1) is 0 Å². The number of benzene rings is 1. The topological polar surface area (TPSA) is 72.6 Å². The van der Waals surface area contributed by atoms with Crippen LogP contribution < -0.4 is 0 Å². The number of nitrogens with zero attached hydrogens (tertiary/aromatic N) is 1. The van der Waals surface area contributed by atoms with E-state index >= 15 is 0 Å². The molecule has 0 fully saturated rings. The molecular weight excluding hydrogens is 286 g/mol. The van der Waals surface area contributed by atoms with E-state index in [2.05, 4.69) is 33.9 Å². The van der Waals surface area contributed by atoms with Gasteiger partial charge in [0.2, 0.25) is 6.54 Å². The predicted molar refractivity (Wildman–Crippen MR) is 85.3 cm³/mol. The molecule has 1 rings (SSSR count). The first-order valence-electron chi connectivity index (χ1n) is 7.07. The van der Waals surface area contributed by atoms with Gasteiger partial charge in [0.25, 0.3) is 0 Å². The summed E-state index contributed by atoms with van der Waals surface area (Å²) < 4.78 is 6.24. The highest BCUT2D eigenvalue weighted by Gasteiger charge is 2.41. The van der Waals surface area contributed by atoms with E-state index in [-0.39, 0.29) is 5.04 Å². The Bertz CT molecular complexity index is 470. The molecule has 6 heteroatoms. The fraction of sp³-hybridized carbons (Fsp3) is 0.600. The monoisotopic (exact) mass is 311 g/mol. The average Bonchev–Trinajstić information content (AvgIpc) is 2.34. The zero-order valence-electron chi connectivity index (χ0n) is 13.4. The van der Waals surface area contributed by atoms with Crippen molar-refractivity contribution in [3.63, 3.8) is 0 Å². The lowest BCUT2D eigenvalue weighted by Gasteiger charge is -2.40. The zero-order chi connectivity index (χ0) is 16.3. The molecule has 0 saturated carbocycles. The molecule has 0 aliphatic carbocycles. The van der Waals surface area contributed by atoms with Gasteiger partial charge in [-0.25, -0.2) is 0 Å². The van der Waals surface area contributed by atoms with Crippen molar-refractivity contribution in [2.24, 2.45) is 0 Å². The number of hydrogen-bond donors (Lipinski definition) is 1. The van der Waals surface area contributed by atoms with Gasteiger partial charge in [0.15, 0.2) is 8.32 Å². The minimum absolute atomic E-state index is 0.0334. The second kappa shape index (κ2) is 6.68. The van der Waals surface area contributed by atoms with E-state index in [1.165, 1.54) is 0 Å². The zero-order valence-corrected chi connectivity index (χ0v) is 14.4. The van der Waals surface area contributed by atoms with E-state index < -0.39 is 32.0 Å². The lowest BCUT2D eigenvalue weighted by molar-refractivity contribution is -0.492. The first-order chi connectivity index (χ1) is 9.54. The quantitative estimate of drug-likeness (QED) is 0.496. The standard InChI is InChI=1S/C15H25NO4Si/c1-15(2,3)21(4,5)20-14(13(17)11-16(18)19)12-9-7-6-8-10-12/h6-10,13-14,17H,11H2,1-5H3/t13-,14-/m0/s1. The first kappa shape index (κ1) is 17.8. The molecule has 0 bridgehead atoms. The Labute approximate surface area is 127 Å². The van der Waals surface area contributed by atoms with Crippen molar-refractivity contribution in [1.82, 2.24) is 0 Å². The molecule has 5 nitrogen and oxygen atoms in total. The minimum Gasteiger partial charge on any atom is -0.407 e. The lowest BCUT2D eigenvalue weighted by Crippen LogP contribution is -2.45. The molecule has 118 valence electrons. The Hall–Kier alpha value is -1.24. The maximum Gasteiger partial charge on any atom is 0.232 e. The van der Waals surface area contributed by atoms with Crippen LogP contribution in [0.25, 0.3) is 0 Å². The van der Waals surface area contributed by atoms with Crippen molar-refractivity contribution in [3.8, 4) is 0 Å². The lowest BCUT2D eigenvalue weighted by atomic mass is 10.0. The molecule has 0 amide bonds. The largest absolute Gasteiger partial charge is 0.407 e. The summed E-state index contributed by atoms with van der Waals surface area (Å²) in [5.41, 5.74) is 0.775. The molecular formula is C15H25NO4Si. The number of hydrogen-bond acceptors (Lipinski definition) is 4. The molecule has 0 radical (unpaired) electrons. The summed E-state index contributed by atoms with van der Waals surface area (Å²) in [7, 11) is -2.15. The second-order valence-electron chi connectivity index (χ2n) is 6.79. The summed E-state index contributed by atoms with van der Waals surface area (Å²) in [6.07, 6.45) is -1.82. The predicted octanol–water partition coefficient (Wildman–Crippen LogP) is 3.39. The van der Waals surface area contributed by atoms with Gasteiger partial charge in [-0.3, -0.25) is 10.1 Å². The molecule has 0 aliphatic heterocycles. The summed E-state index contributed by atoms with van der Waals surface area (Å²) in [5.74, 6) is 0. The molecule has 0 aliphatic rings. The average molecular weight is 311 g/mol. The summed E-state index contributed by atoms with van der Waals surface area (Å²) in [5, 5.41) is 20.9. The van der Waals surface area contributed by atoms with Crippen LogP contribution in [0.1, 0.15) is 32.4 Å². The van der Waals surface area contributed by atoms with Crippen molar-refractivity contribution in [2.45, 2.75) is 51.1 Å². The summed E-state index contributed by atoms with van der Waals surface area (Å²) in [6, 6.07) is 9.22. The van der Waals surface area contributed by atoms with E-state index in [0.29, 0.717) is 0 Å². The minimum atomic E-state index is -2.15. The highest BCUT2D eigenvalue weighted by atomic mass is 28.4. The molecule has 21 heavy (non-hydrogen) atoms. The molecule has 2 atom stereocenters. The fourth-order valence-corrected chi connectivity index (χ4v) is 3.04. The van der Waals surface area contributed by atoms with Gasteiger partial charge in [0.1, 0.15) is 12.2 Å². The maximum atomic E-state index is 10.7. The fourth-order valence-electron chi connectivity index (χ4n) is 1.75. The summed E-state index contributed by atoms with van der Waals surface area (Å²) in [6.45, 7) is 9.92. The van der Waals surface area contributed by atoms with Gasteiger partial charge in [-0.05, 0) is 23.7 Å².